The first-order chi connectivity index (χ1) is 9.40. The zero-order valence-electron chi connectivity index (χ0n) is 10.8. The monoisotopic (exact) mass is 293 g/mol. The van der Waals surface area contributed by atoms with Crippen molar-refractivity contribution < 1.29 is 14.7 Å². The van der Waals surface area contributed by atoms with E-state index in [-0.39, 0.29) is 11.3 Å². The van der Waals surface area contributed by atoms with E-state index in [2.05, 4.69) is 10.4 Å². The van der Waals surface area contributed by atoms with Crippen molar-refractivity contribution in [2.24, 2.45) is 7.05 Å². The van der Waals surface area contributed by atoms with Crippen molar-refractivity contribution in [3.05, 3.63) is 46.2 Å². The van der Waals surface area contributed by atoms with Gasteiger partial charge in [-0.3, -0.25) is 9.48 Å². The molecule has 2 rings (SSSR count). The standard InChI is InChI=1S/C13H12ClN3O3/c1-7-10(6-15-17(7)2)12(18)16-11-5-8(14)3-4-9(11)13(19)20/h3-6H,1-2H3,(H,16,18)(H,19,20). The first kappa shape index (κ1) is 14.1. The highest BCUT2D eigenvalue weighted by Crippen LogP contribution is 2.22. The Labute approximate surface area is 120 Å². The Bertz CT molecular complexity index is 694. The third-order valence-electron chi connectivity index (χ3n) is 2.94. The van der Waals surface area contributed by atoms with Crippen molar-refractivity contribution in [1.29, 1.82) is 0 Å². The Morgan fingerprint density at radius 1 is 1.35 bits per heavy atom. The number of carboxylic acid groups (broad SMARTS) is 1. The molecule has 1 aromatic heterocycles. The molecular weight excluding hydrogens is 282 g/mol. The summed E-state index contributed by atoms with van der Waals surface area (Å²) < 4.78 is 1.56. The van der Waals surface area contributed by atoms with Gasteiger partial charge in [-0.25, -0.2) is 4.79 Å². The van der Waals surface area contributed by atoms with Crippen LogP contribution in [0.25, 0.3) is 0 Å². The highest BCUT2D eigenvalue weighted by atomic mass is 35.5. The molecule has 104 valence electrons. The Kier molecular flexibility index (Phi) is 3.76. The van der Waals surface area contributed by atoms with E-state index in [4.69, 9.17) is 16.7 Å². The molecule has 1 amide bonds. The second-order valence-electron chi connectivity index (χ2n) is 4.22. The molecule has 7 heteroatoms. The third kappa shape index (κ3) is 2.65. The van der Waals surface area contributed by atoms with E-state index in [1.807, 2.05) is 0 Å². The van der Waals surface area contributed by atoms with Crippen LogP contribution in [0.3, 0.4) is 0 Å². The van der Waals surface area contributed by atoms with E-state index >= 15 is 0 Å². The molecule has 6 nitrogen and oxygen atoms in total. The fourth-order valence-electron chi connectivity index (χ4n) is 1.72. The average Bonchev–Trinajstić information content (AvgIpc) is 2.69. The fraction of sp³-hybridized carbons (Fsp3) is 0.154. The minimum Gasteiger partial charge on any atom is -0.478 e. The predicted octanol–water partition coefficient (Wildman–Crippen LogP) is 2.33. The number of hydrogen-bond acceptors (Lipinski definition) is 3. The summed E-state index contributed by atoms with van der Waals surface area (Å²) >= 11 is 5.83. The van der Waals surface area contributed by atoms with Crippen molar-refractivity contribution in [3.63, 3.8) is 0 Å². The molecule has 0 saturated heterocycles. The van der Waals surface area contributed by atoms with Gasteiger partial charge in [-0.2, -0.15) is 5.10 Å². The van der Waals surface area contributed by atoms with Gasteiger partial charge in [0.1, 0.15) is 0 Å². The van der Waals surface area contributed by atoms with Gasteiger partial charge in [0.05, 0.1) is 23.0 Å². The van der Waals surface area contributed by atoms with Gasteiger partial charge in [-0.1, -0.05) is 11.6 Å². The van der Waals surface area contributed by atoms with Crippen LogP contribution < -0.4 is 5.32 Å². The molecule has 0 saturated carbocycles. The molecule has 0 aliphatic heterocycles. The molecule has 1 aromatic carbocycles. The summed E-state index contributed by atoms with van der Waals surface area (Å²) in [5, 5.41) is 15.9. The molecule has 1 heterocycles. The Morgan fingerprint density at radius 3 is 2.60 bits per heavy atom. The molecule has 0 aliphatic rings. The normalized spacial score (nSPS) is 10.3. The third-order valence-corrected chi connectivity index (χ3v) is 3.18. The smallest absolute Gasteiger partial charge is 0.337 e. The van der Waals surface area contributed by atoms with E-state index in [0.29, 0.717) is 16.3 Å². The zero-order valence-corrected chi connectivity index (χ0v) is 11.6. The zero-order chi connectivity index (χ0) is 14.9. The lowest BCUT2D eigenvalue weighted by Gasteiger charge is -2.08. The maximum absolute atomic E-state index is 12.1. The first-order valence-corrected chi connectivity index (χ1v) is 6.10. The minimum atomic E-state index is -1.14. The van der Waals surface area contributed by atoms with Crippen LogP contribution in [-0.4, -0.2) is 26.8 Å². The number of anilines is 1. The molecule has 0 atom stereocenters. The molecule has 0 fully saturated rings. The van der Waals surface area contributed by atoms with Gasteiger partial charge >= 0.3 is 5.97 Å². The molecule has 2 aromatic rings. The number of nitrogens with zero attached hydrogens (tertiary/aromatic N) is 2. The lowest BCUT2D eigenvalue weighted by Crippen LogP contribution is -2.15. The number of benzene rings is 1. The number of carbonyl (C=O) groups excluding carboxylic acids is 1. The summed E-state index contributed by atoms with van der Waals surface area (Å²) in [5.41, 5.74) is 1.19. The second-order valence-corrected chi connectivity index (χ2v) is 4.65. The SMILES string of the molecule is Cc1c(C(=O)Nc2cc(Cl)ccc2C(=O)O)cnn1C. The van der Waals surface area contributed by atoms with Crippen LogP contribution in [0.5, 0.6) is 0 Å². The summed E-state index contributed by atoms with van der Waals surface area (Å²) in [6.45, 7) is 1.75. The number of carboxylic acids is 1. The lowest BCUT2D eigenvalue weighted by molar-refractivity contribution is 0.0698. The highest BCUT2D eigenvalue weighted by Gasteiger charge is 2.17. The molecular formula is C13H12ClN3O3. The molecule has 0 unspecified atom stereocenters. The summed E-state index contributed by atoms with van der Waals surface area (Å²) in [5.74, 6) is -1.57. The summed E-state index contributed by atoms with van der Waals surface area (Å²) in [7, 11) is 1.72. The van der Waals surface area contributed by atoms with Gasteiger partial charge in [-0.05, 0) is 25.1 Å². The topological polar surface area (TPSA) is 84.2 Å². The van der Waals surface area contributed by atoms with Crippen LogP contribution in [0.4, 0.5) is 5.69 Å². The van der Waals surface area contributed by atoms with Crippen LogP contribution in [0.1, 0.15) is 26.4 Å². The Balaban J connectivity index is 2.35. The number of aryl methyl sites for hydroxylation is 1. The summed E-state index contributed by atoms with van der Waals surface area (Å²) in [6, 6.07) is 4.20. The largest absolute Gasteiger partial charge is 0.478 e. The maximum Gasteiger partial charge on any atom is 0.337 e. The molecule has 20 heavy (non-hydrogen) atoms. The van der Waals surface area contributed by atoms with Gasteiger partial charge < -0.3 is 10.4 Å². The van der Waals surface area contributed by atoms with Gasteiger partial charge in [0.2, 0.25) is 0 Å². The van der Waals surface area contributed by atoms with Gasteiger partial charge in [0.15, 0.2) is 0 Å². The van der Waals surface area contributed by atoms with Crippen molar-refractivity contribution in [3.8, 4) is 0 Å². The number of halogens is 1. The lowest BCUT2D eigenvalue weighted by atomic mass is 10.1. The quantitative estimate of drug-likeness (QED) is 0.909. The van der Waals surface area contributed by atoms with Crippen molar-refractivity contribution >= 4 is 29.2 Å². The molecule has 2 N–H and O–H groups in total. The van der Waals surface area contributed by atoms with E-state index < -0.39 is 11.9 Å². The van der Waals surface area contributed by atoms with Crippen LogP contribution in [0, 0.1) is 6.92 Å². The van der Waals surface area contributed by atoms with Crippen LogP contribution in [0.15, 0.2) is 24.4 Å². The maximum atomic E-state index is 12.1. The van der Waals surface area contributed by atoms with E-state index in [0.717, 1.165) is 0 Å². The van der Waals surface area contributed by atoms with Crippen LogP contribution in [-0.2, 0) is 7.05 Å². The average molecular weight is 294 g/mol. The van der Waals surface area contributed by atoms with E-state index in [9.17, 15) is 9.59 Å². The second kappa shape index (κ2) is 5.34. The van der Waals surface area contributed by atoms with Crippen molar-refractivity contribution in [2.45, 2.75) is 6.92 Å². The minimum absolute atomic E-state index is 0.0238. The molecule has 0 spiro atoms. The van der Waals surface area contributed by atoms with Crippen molar-refractivity contribution in [1.82, 2.24) is 9.78 Å². The summed E-state index contributed by atoms with van der Waals surface area (Å²) in [6.07, 6.45) is 1.43. The Hall–Kier alpha value is -2.34. The molecule has 0 aliphatic carbocycles. The van der Waals surface area contributed by atoms with Crippen LogP contribution >= 0.6 is 11.6 Å². The number of aromatic carboxylic acids is 1. The van der Waals surface area contributed by atoms with Crippen LogP contribution in [0.2, 0.25) is 5.02 Å². The van der Waals surface area contributed by atoms with E-state index in [1.54, 1.807) is 18.7 Å². The number of aromatic nitrogens is 2. The molecule has 0 radical (unpaired) electrons. The van der Waals surface area contributed by atoms with Gasteiger partial charge in [0.25, 0.3) is 5.91 Å². The number of rotatable bonds is 3. The van der Waals surface area contributed by atoms with Gasteiger partial charge in [-0.15, -0.1) is 0 Å². The van der Waals surface area contributed by atoms with Crippen molar-refractivity contribution in [2.75, 3.05) is 5.32 Å². The first-order valence-electron chi connectivity index (χ1n) is 5.73. The molecule has 0 bridgehead atoms. The summed E-state index contributed by atoms with van der Waals surface area (Å²) in [4.78, 5) is 23.2. The number of carbonyl (C=O) groups is 2. The number of nitrogens with one attached hydrogen (secondary N) is 1. The number of hydrogen-bond donors (Lipinski definition) is 2. The fourth-order valence-corrected chi connectivity index (χ4v) is 1.89. The van der Waals surface area contributed by atoms with E-state index in [1.165, 1.54) is 24.4 Å². The Morgan fingerprint density at radius 2 is 2.05 bits per heavy atom. The van der Waals surface area contributed by atoms with Gasteiger partial charge in [0, 0.05) is 17.8 Å². The number of amides is 1. The highest BCUT2D eigenvalue weighted by molar-refractivity contribution is 6.31. The predicted molar refractivity (Wildman–Crippen MR) is 74.3 cm³/mol.